The van der Waals surface area contributed by atoms with Crippen LogP contribution in [0.25, 0.3) is 0 Å². The Morgan fingerprint density at radius 1 is 1.05 bits per heavy atom. The second kappa shape index (κ2) is 6.69. The second-order valence-electron chi connectivity index (χ2n) is 3.97. The number of nitriles is 1. The van der Waals surface area contributed by atoms with Crippen molar-refractivity contribution in [1.82, 2.24) is 0 Å². The molecule has 0 amide bonds. The van der Waals surface area contributed by atoms with Gasteiger partial charge >= 0.3 is 0 Å². The van der Waals surface area contributed by atoms with Crippen LogP contribution >= 0.6 is 50.7 Å². The molecule has 102 valence electrons. The highest BCUT2D eigenvalue weighted by Gasteiger charge is 2.17. The summed E-state index contributed by atoms with van der Waals surface area (Å²) >= 11 is 21.5. The van der Waals surface area contributed by atoms with Crippen LogP contribution in [0.1, 0.15) is 11.6 Å². The Balaban J connectivity index is 2.34. The van der Waals surface area contributed by atoms with Gasteiger partial charge in [-0.15, -0.1) is 0 Å². The Hall–Kier alpha value is -0.920. The van der Waals surface area contributed by atoms with Crippen LogP contribution in [-0.2, 0) is 0 Å². The highest BCUT2D eigenvalue weighted by atomic mass is 79.9. The minimum atomic E-state index is -0.649. The van der Waals surface area contributed by atoms with Gasteiger partial charge in [-0.05, 0) is 46.3 Å². The van der Waals surface area contributed by atoms with Crippen molar-refractivity contribution in [3.8, 4) is 6.07 Å². The van der Waals surface area contributed by atoms with Gasteiger partial charge in [-0.2, -0.15) is 5.26 Å². The molecule has 0 fully saturated rings. The van der Waals surface area contributed by atoms with Crippen LogP contribution in [0, 0.1) is 11.3 Å². The Morgan fingerprint density at radius 3 is 2.25 bits per heavy atom. The molecular weight excluding hydrogens is 382 g/mol. The fraction of sp³-hybridized carbons (Fsp3) is 0.0714. The molecule has 1 atom stereocenters. The van der Waals surface area contributed by atoms with Crippen LogP contribution in [0.3, 0.4) is 0 Å². The summed E-state index contributed by atoms with van der Waals surface area (Å²) in [7, 11) is 0. The Labute approximate surface area is 140 Å². The molecule has 6 heteroatoms. The second-order valence-corrected chi connectivity index (χ2v) is 6.05. The SMILES string of the molecule is N#CC(Nc1ccc(Cl)c(Br)c1)c1c(Cl)cccc1Cl. The molecule has 2 aromatic rings. The Bertz CT molecular complexity index is 662. The van der Waals surface area contributed by atoms with E-state index in [1.807, 2.05) is 0 Å². The van der Waals surface area contributed by atoms with E-state index in [2.05, 4.69) is 27.3 Å². The van der Waals surface area contributed by atoms with Gasteiger partial charge in [0.15, 0.2) is 0 Å². The molecule has 0 aliphatic rings. The minimum absolute atomic E-state index is 0.449. The zero-order valence-electron chi connectivity index (χ0n) is 10.0. The average molecular weight is 390 g/mol. The van der Waals surface area contributed by atoms with Gasteiger partial charge < -0.3 is 5.32 Å². The van der Waals surface area contributed by atoms with Gasteiger partial charge in [0, 0.05) is 25.8 Å². The van der Waals surface area contributed by atoms with E-state index in [4.69, 9.17) is 34.8 Å². The molecule has 0 saturated carbocycles. The first kappa shape index (κ1) is 15.5. The molecule has 0 aliphatic heterocycles. The van der Waals surface area contributed by atoms with Crippen LogP contribution in [0.15, 0.2) is 40.9 Å². The summed E-state index contributed by atoms with van der Waals surface area (Å²) in [5, 5.41) is 13.9. The maximum absolute atomic E-state index is 9.35. The number of halogens is 4. The molecule has 1 N–H and O–H groups in total. The summed E-state index contributed by atoms with van der Waals surface area (Å²) in [6.45, 7) is 0. The quantitative estimate of drug-likeness (QED) is 0.689. The number of anilines is 1. The first-order valence-electron chi connectivity index (χ1n) is 5.58. The van der Waals surface area contributed by atoms with E-state index in [1.54, 1.807) is 36.4 Å². The van der Waals surface area contributed by atoms with Gasteiger partial charge in [0.2, 0.25) is 0 Å². The Kier molecular flexibility index (Phi) is 5.17. The van der Waals surface area contributed by atoms with E-state index in [0.29, 0.717) is 20.6 Å². The minimum Gasteiger partial charge on any atom is -0.366 e. The fourth-order valence-electron chi connectivity index (χ4n) is 1.71. The van der Waals surface area contributed by atoms with Crippen molar-refractivity contribution in [2.45, 2.75) is 6.04 Å². The van der Waals surface area contributed by atoms with Gasteiger partial charge in [0.25, 0.3) is 0 Å². The van der Waals surface area contributed by atoms with Crippen molar-refractivity contribution in [3.05, 3.63) is 61.5 Å². The van der Waals surface area contributed by atoms with Crippen LogP contribution in [0.4, 0.5) is 5.69 Å². The highest BCUT2D eigenvalue weighted by Crippen LogP contribution is 2.33. The van der Waals surface area contributed by atoms with E-state index in [9.17, 15) is 5.26 Å². The predicted octanol–water partition coefficient (Wildman–Crippen LogP) is 6.09. The number of hydrogen-bond acceptors (Lipinski definition) is 2. The first-order valence-corrected chi connectivity index (χ1v) is 7.50. The Morgan fingerprint density at radius 2 is 1.70 bits per heavy atom. The van der Waals surface area contributed by atoms with Crippen LogP contribution in [0.2, 0.25) is 15.1 Å². The number of nitrogens with one attached hydrogen (secondary N) is 1. The van der Waals surface area contributed by atoms with E-state index < -0.39 is 6.04 Å². The molecule has 2 aromatic carbocycles. The summed E-state index contributed by atoms with van der Waals surface area (Å²) in [4.78, 5) is 0. The lowest BCUT2D eigenvalue weighted by atomic mass is 10.1. The van der Waals surface area contributed by atoms with Crippen molar-refractivity contribution in [3.63, 3.8) is 0 Å². The average Bonchev–Trinajstić information content (AvgIpc) is 2.41. The van der Waals surface area contributed by atoms with Crippen LogP contribution < -0.4 is 5.32 Å². The van der Waals surface area contributed by atoms with E-state index >= 15 is 0 Å². The summed E-state index contributed by atoms with van der Waals surface area (Å²) in [6.07, 6.45) is 0. The third-order valence-electron chi connectivity index (χ3n) is 2.65. The summed E-state index contributed by atoms with van der Waals surface area (Å²) in [5.74, 6) is 0. The highest BCUT2D eigenvalue weighted by molar-refractivity contribution is 9.10. The topological polar surface area (TPSA) is 35.8 Å². The summed E-state index contributed by atoms with van der Waals surface area (Å²) < 4.78 is 0.742. The molecule has 1 unspecified atom stereocenters. The molecular formula is C14H8BrCl3N2. The van der Waals surface area contributed by atoms with Crippen molar-refractivity contribution in [1.29, 1.82) is 5.26 Å². The number of nitrogens with zero attached hydrogens (tertiary/aromatic N) is 1. The predicted molar refractivity (Wildman–Crippen MR) is 87.6 cm³/mol. The number of hydrogen-bond donors (Lipinski definition) is 1. The van der Waals surface area contributed by atoms with Gasteiger partial charge in [-0.1, -0.05) is 40.9 Å². The third-order valence-corrected chi connectivity index (χ3v) is 4.52. The number of benzene rings is 2. The van der Waals surface area contributed by atoms with Crippen molar-refractivity contribution in [2.24, 2.45) is 0 Å². The molecule has 0 bridgehead atoms. The number of rotatable bonds is 3. The molecule has 0 aliphatic carbocycles. The lowest BCUT2D eigenvalue weighted by molar-refractivity contribution is 0.998. The van der Waals surface area contributed by atoms with Crippen molar-refractivity contribution in [2.75, 3.05) is 5.32 Å². The zero-order valence-corrected chi connectivity index (χ0v) is 13.9. The van der Waals surface area contributed by atoms with Crippen LogP contribution in [-0.4, -0.2) is 0 Å². The molecule has 0 saturated heterocycles. The van der Waals surface area contributed by atoms with Crippen molar-refractivity contribution >= 4 is 56.4 Å². The molecule has 0 radical (unpaired) electrons. The molecule has 20 heavy (non-hydrogen) atoms. The van der Waals surface area contributed by atoms with Gasteiger partial charge in [0.1, 0.15) is 6.04 Å². The molecule has 2 nitrogen and oxygen atoms in total. The molecule has 0 spiro atoms. The molecule has 0 aromatic heterocycles. The lowest BCUT2D eigenvalue weighted by Crippen LogP contribution is -2.09. The fourth-order valence-corrected chi connectivity index (χ4v) is 2.82. The van der Waals surface area contributed by atoms with Crippen LogP contribution in [0.5, 0.6) is 0 Å². The van der Waals surface area contributed by atoms with E-state index in [-0.39, 0.29) is 0 Å². The molecule has 2 rings (SSSR count). The standard InChI is InChI=1S/C14H8BrCl3N2/c15-9-6-8(4-5-10(9)16)20-13(7-19)14-11(17)2-1-3-12(14)18/h1-6,13,20H. The zero-order chi connectivity index (χ0) is 14.7. The van der Waals surface area contributed by atoms with Gasteiger partial charge in [-0.25, -0.2) is 0 Å². The smallest absolute Gasteiger partial charge is 0.143 e. The summed E-state index contributed by atoms with van der Waals surface area (Å²) in [5.41, 5.74) is 1.30. The maximum atomic E-state index is 9.35. The lowest BCUT2D eigenvalue weighted by Gasteiger charge is -2.16. The first-order chi connectivity index (χ1) is 9.52. The monoisotopic (exact) mass is 388 g/mol. The van der Waals surface area contributed by atoms with Gasteiger partial charge in [0.05, 0.1) is 11.1 Å². The van der Waals surface area contributed by atoms with Gasteiger partial charge in [-0.3, -0.25) is 0 Å². The van der Waals surface area contributed by atoms with Crippen molar-refractivity contribution < 1.29 is 0 Å². The largest absolute Gasteiger partial charge is 0.366 e. The third kappa shape index (κ3) is 3.39. The van der Waals surface area contributed by atoms with E-state index in [0.717, 1.165) is 10.2 Å². The normalized spacial score (nSPS) is 11.8. The molecule has 0 heterocycles. The van der Waals surface area contributed by atoms with E-state index in [1.165, 1.54) is 0 Å². The summed E-state index contributed by atoms with van der Waals surface area (Å²) in [6, 6.07) is 11.9. The maximum Gasteiger partial charge on any atom is 0.143 e.